The molecule has 0 fully saturated rings. The Morgan fingerprint density at radius 2 is 1.95 bits per heavy atom. The van der Waals surface area contributed by atoms with E-state index in [0.29, 0.717) is 6.54 Å². The van der Waals surface area contributed by atoms with Gasteiger partial charge in [-0.2, -0.15) is 0 Å². The third-order valence-corrected chi connectivity index (χ3v) is 2.60. The summed E-state index contributed by atoms with van der Waals surface area (Å²) in [5.74, 6) is -4.97. The first-order valence-corrected chi connectivity index (χ1v) is 5.45. The van der Waals surface area contributed by atoms with Crippen LogP contribution in [0.2, 0.25) is 0 Å². The number of esters is 1. The van der Waals surface area contributed by atoms with Crippen molar-refractivity contribution in [2.75, 3.05) is 20.7 Å². The van der Waals surface area contributed by atoms with Crippen molar-refractivity contribution in [3.05, 3.63) is 47.8 Å². The Labute approximate surface area is 109 Å². The maximum atomic E-state index is 13.2. The summed E-state index contributed by atoms with van der Waals surface area (Å²) < 4.78 is 43.9. The van der Waals surface area contributed by atoms with Crippen LogP contribution < -0.4 is 0 Å². The summed E-state index contributed by atoms with van der Waals surface area (Å²) in [6, 6.07) is 0.520. The second-order valence-electron chi connectivity index (χ2n) is 3.95. The van der Waals surface area contributed by atoms with E-state index in [4.69, 9.17) is 0 Å². The van der Waals surface area contributed by atoms with Gasteiger partial charge in [-0.3, -0.25) is 4.90 Å². The Morgan fingerprint density at radius 1 is 1.42 bits per heavy atom. The zero-order valence-electron chi connectivity index (χ0n) is 10.6. The molecule has 3 nitrogen and oxygen atoms in total. The number of methoxy groups -OCH3 is 1. The lowest BCUT2D eigenvalue weighted by Crippen LogP contribution is -2.32. The van der Waals surface area contributed by atoms with E-state index in [1.807, 2.05) is 0 Å². The van der Waals surface area contributed by atoms with Crippen molar-refractivity contribution in [1.82, 2.24) is 4.90 Å². The standard InChI is InChI=1S/C13H14F3NO2/c1-4-5-17(2)12(13(18)19-3)8-6-9(14)11(16)10(15)7-8/h4,6-7,12H,1,5H2,2-3H3. The summed E-state index contributed by atoms with van der Waals surface area (Å²) in [6.07, 6.45) is 1.52. The maximum absolute atomic E-state index is 13.2. The normalized spacial score (nSPS) is 12.3. The third kappa shape index (κ3) is 3.35. The highest BCUT2D eigenvalue weighted by molar-refractivity contribution is 5.77. The van der Waals surface area contributed by atoms with Crippen LogP contribution >= 0.6 is 0 Å². The third-order valence-electron chi connectivity index (χ3n) is 2.60. The van der Waals surface area contributed by atoms with Gasteiger partial charge in [0.05, 0.1) is 7.11 Å². The van der Waals surface area contributed by atoms with E-state index in [0.717, 1.165) is 19.2 Å². The molecule has 1 atom stereocenters. The molecular formula is C13H14F3NO2. The molecule has 104 valence electrons. The molecule has 0 saturated carbocycles. The number of halogens is 3. The van der Waals surface area contributed by atoms with Crippen molar-refractivity contribution in [3.63, 3.8) is 0 Å². The molecule has 0 N–H and O–H groups in total. The quantitative estimate of drug-likeness (QED) is 0.469. The molecule has 0 aliphatic carbocycles. The first kappa shape index (κ1) is 15.2. The number of rotatable bonds is 5. The van der Waals surface area contributed by atoms with Gasteiger partial charge in [0.15, 0.2) is 17.5 Å². The molecule has 0 aliphatic rings. The fourth-order valence-electron chi connectivity index (χ4n) is 1.72. The molecule has 1 aromatic carbocycles. The summed E-state index contributed by atoms with van der Waals surface area (Å²) in [6.45, 7) is 3.80. The zero-order valence-corrected chi connectivity index (χ0v) is 10.6. The summed E-state index contributed by atoms with van der Waals surface area (Å²) in [5.41, 5.74) is -0.0207. The number of hydrogen-bond acceptors (Lipinski definition) is 3. The largest absolute Gasteiger partial charge is 0.468 e. The van der Waals surface area contributed by atoms with Crippen LogP contribution in [0.3, 0.4) is 0 Å². The van der Waals surface area contributed by atoms with Gasteiger partial charge in [0.1, 0.15) is 6.04 Å². The number of nitrogens with zero attached hydrogens (tertiary/aromatic N) is 1. The lowest BCUT2D eigenvalue weighted by molar-refractivity contribution is -0.146. The van der Waals surface area contributed by atoms with E-state index < -0.39 is 29.5 Å². The van der Waals surface area contributed by atoms with E-state index in [2.05, 4.69) is 11.3 Å². The van der Waals surface area contributed by atoms with Gasteiger partial charge in [-0.1, -0.05) is 6.08 Å². The predicted octanol–water partition coefficient (Wildman–Crippen LogP) is 2.44. The van der Waals surface area contributed by atoms with Crippen molar-refractivity contribution in [1.29, 1.82) is 0 Å². The molecule has 1 rings (SSSR count). The molecule has 19 heavy (non-hydrogen) atoms. The van der Waals surface area contributed by atoms with E-state index in [1.165, 1.54) is 11.0 Å². The van der Waals surface area contributed by atoms with Crippen molar-refractivity contribution < 1.29 is 22.7 Å². The van der Waals surface area contributed by atoms with Crippen LogP contribution in [0.4, 0.5) is 13.2 Å². The van der Waals surface area contributed by atoms with Crippen LogP contribution in [-0.2, 0) is 9.53 Å². The van der Waals surface area contributed by atoms with E-state index in [9.17, 15) is 18.0 Å². The van der Waals surface area contributed by atoms with Crippen LogP contribution in [-0.4, -0.2) is 31.6 Å². The van der Waals surface area contributed by atoms with Gasteiger partial charge in [0.25, 0.3) is 0 Å². The van der Waals surface area contributed by atoms with Crippen LogP contribution in [0.5, 0.6) is 0 Å². The average molecular weight is 273 g/mol. The SMILES string of the molecule is C=CCN(C)C(C(=O)OC)c1cc(F)c(F)c(F)c1. The average Bonchev–Trinajstić information content (AvgIpc) is 2.36. The fraction of sp³-hybridized carbons (Fsp3) is 0.308. The van der Waals surface area contributed by atoms with E-state index >= 15 is 0 Å². The second kappa shape index (κ2) is 6.38. The number of hydrogen-bond donors (Lipinski definition) is 0. The molecule has 0 bridgehead atoms. The maximum Gasteiger partial charge on any atom is 0.327 e. The highest BCUT2D eigenvalue weighted by Crippen LogP contribution is 2.24. The molecule has 1 unspecified atom stereocenters. The Balaban J connectivity index is 3.24. The van der Waals surface area contributed by atoms with Crippen molar-refractivity contribution in [2.45, 2.75) is 6.04 Å². The van der Waals surface area contributed by atoms with E-state index in [-0.39, 0.29) is 5.56 Å². The van der Waals surface area contributed by atoms with Gasteiger partial charge in [0, 0.05) is 6.54 Å². The number of carbonyl (C=O) groups excluding carboxylic acids is 1. The zero-order chi connectivity index (χ0) is 14.6. The molecule has 0 amide bonds. The van der Waals surface area contributed by atoms with Gasteiger partial charge in [-0.25, -0.2) is 18.0 Å². The first-order valence-electron chi connectivity index (χ1n) is 5.45. The Morgan fingerprint density at radius 3 is 2.37 bits per heavy atom. The lowest BCUT2D eigenvalue weighted by Gasteiger charge is -2.25. The van der Waals surface area contributed by atoms with Crippen LogP contribution in [0.15, 0.2) is 24.8 Å². The van der Waals surface area contributed by atoms with E-state index in [1.54, 1.807) is 7.05 Å². The smallest absolute Gasteiger partial charge is 0.327 e. The number of ether oxygens (including phenoxy) is 1. The van der Waals surface area contributed by atoms with Gasteiger partial charge in [-0.15, -0.1) is 6.58 Å². The van der Waals surface area contributed by atoms with Gasteiger partial charge in [0.2, 0.25) is 0 Å². The van der Waals surface area contributed by atoms with Gasteiger partial charge >= 0.3 is 5.97 Å². The topological polar surface area (TPSA) is 29.5 Å². The summed E-state index contributed by atoms with van der Waals surface area (Å²) in [5, 5.41) is 0. The Bertz CT molecular complexity index is 468. The predicted molar refractivity (Wildman–Crippen MR) is 63.9 cm³/mol. The van der Waals surface area contributed by atoms with Crippen LogP contribution in [0.25, 0.3) is 0 Å². The minimum absolute atomic E-state index is 0.0207. The van der Waals surface area contributed by atoms with Gasteiger partial charge in [-0.05, 0) is 24.7 Å². The highest BCUT2D eigenvalue weighted by Gasteiger charge is 2.27. The molecular weight excluding hydrogens is 259 g/mol. The molecule has 6 heteroatoms. The highest BCUT2D eigenvalue weighted by atomic mass is 19.2. The minimum atomic E-state index is -1.57. The molecule has 0 aromatic heterocycles. The van der Waals surface area contributed by atoms with Crippen molar-refractivity contribution >= 4 is 5.97 Å². The lowest BCUT2D eigenvalue weighted by atomic mass is 10.0. The fourth-order valence-corrected chi connectivity index (χ4v) is 1.72. The number of likely N-dealkylation sites (N-methyl/N-ethyl adjacent to an activating group) is 1. The minimum Gasteiger partial charge on any atom is -0.468 e. The summed E-state index contributed by atoms with van der Waals surface area (Å²) in [4.78, 5) is 13.2. The Hall–Kier alpha value is -1.82. The van der Waals surface area contributed by atoms with Crippen molar-refractivity contribution in [2.24, 2.45) is 0 Å². The molecule has 0 spiro atoms. The summed E-state index contributed by atoms with van der Waals surface area (Å²) >= 11 is 0. The molecule has 0 saturated heterocycles. The summed E-state index contributed by atoms with van der Waals surface area (Å²) in [7, 11) is 2.72. The first-order chi connectivity index (χ1) is 8.92. The molecule has 0 heterocycles. The molecule has 0 radical (unpaired) electrons. The molecule has 0 aliphatic heterocycles. The molecule has 1 aromatic rings. The monoisotopic (exact) mass is 273 g/mol. The van der Waals surface area contributed by atoms with Crippen molar-refractivity contribution in [3.8, 4) is 0 Å². The van der Waals surface area contributed by atoms with Crippen LogP contribution in [0, 0.1) is 17.5 Å². The van der Waals surface area contributed by atoms with Gasteiger partial charge < -0.3 is 4.74 Å². The second-order valence-corrected chi connectivity index (χ2v) is 3.95. The number of benzene rings is 1. The number of carbonyl (C=O) groups is 1. The van der Waals surface area contributed by atoms with Crippen LogP contribution in [0.1, 0.15) is 11.6 Å². The Kier molecular flexibility index (Phi) is 5.11.